The van der Waals surface area contributed by atoms with Crippen LogP contribution in [0.3, 0.4) is 0 Å². The lowest BCUT2D eigenvalue weighted by molar-refractivity contribution is -0.154. The van der Waals surface area contributed by atoms with E-state index in [-0.39, 0.29) is 17.1 Å². The lowest BCUT2D eigenvalue weighted by Crippen LogP contribution is -2.21. The number of hydrogen-bond acceptors (Lipinski definition) is 3. The van der Waals surface area contributed by atoms with E-state index in [1.807, 2.05) is 0 Å². The summed E-state index contributed by atoms with van der Waals surface area (Å²) in [6.07, 6.45) is -4.42. The second-order valence-electron chi connectivity index (χ2n) is 3.51. The Morgan fingerprint density at radius 3 is 2.47 bits per heavy atom. The smallest absolute Gasteiger partial charge is 0.422 e. The molecule has 0 saturated carbocycles. The van der Waals surface area contributed by atoms with Gasteiger partial charge in [0.1, 0.15) is 0 Å². The zero-order valence-electron chi connectivity index (χ0n) is 9.26. The van der Waals surface area contributed by atoms with Crippen LogP contribution in [0.1, 0.15) is 21.6 Å². The Balaban J connectivity index is 2.95. The standard InChI is InChI=1S/C10H11F3N2O2/c1-5-3-7(17-4-10(11,12)13)15-6(2)8(5)9(14)16/h3H,4H2,1-2H3,(H2,14,16). The minimum atomic E-state index is -4.42. The molecule has 1 amide bonds. The number of ether oxygens (including phenoxy) is 1. The van der Waals surface area contributed by atoms with Crippen LogP contribution in [0.5, 0.6) is 5.88 Å². The molecular formula is C10H11F3N2O2. The van der Waals surface area contributed by atoms with Crippen molar-refractivity contribution in [3.63, 3.8) is 0 Å². The maximum absolute atomic E-state index is 11.9. The van der Waals surface area contributed by atoms with Gasteiger partial charge in [-0.1, -0.05) is 0 Å². The van der Waals surface area contributed by atoms with Crippen molar-refractivity contribution in [3.8, 4) is 5.88 Å². The Bertz CT molecular complexity index is 421. The lowest BCUT2D eigenvalue weighted by atomic mass is 10.1. The van der Waals surface area contributed by atoms with Crippen molar-refractivity contribution in [2.24, 2.45) is 5.73 Å². The second kappa shape index (κ2) is 4.60. The Kier molecular flexibility index (Phi) is 3.59. The molecule has 0 aromatic carbocycles. The van der Waals surface area contributed by atoms with E-state index in [1.54, 1.807) is 6.92 Å². The molecule has 0 radical (unpaired) electrons. The maximum Gasteiger partial charge on any atom is 0.422 e. The highest BCUT2D eigenvalue weighted by molar-refractivity contribution is 5.95. The van der Waals surface area contributed by atoms with Crippen LogP contribution < -0.4 is 10.5 Å². The van der Waals surface area contributed by atoms with Gasteiger partial charge in [0.05, 0.1) is 11.3 Å². The van der Waals surface area contributed by atoms with Gasteiger partial charge in [-0.25, -0.2) is 4.98 Å². The summed E-state index contributed by atoms with van der Waals surface area (Å²) in [5, 5.41) is 0. The van der Waals surface area contributed by atoms with E-state index in [2.05, 4.69) is 9.72 Å². The van der Waals surface area contributed by atoms with Crippen LogP contribution in [0, 0.1) is 13.8 Å². The number of nitrogens with zero attached hydrogens (tertiary/aromatic N) is 1. The number of halogens is 3. The van der Waals surface area contributed by atoms with Gasteiger partial charge in [-0.05, 0) is 19.4 Å². The number of carbonyl (C=O) groups excluding carboxylic acids is 1. The van der Waals surface area contributed by atoms with Crippen molar-refractivity contribution in [1.82, 2.24) is 4.98 Å². The fourth-order valence-corrected chi connectivity index (χ4v) is 1.40. The number of hydrogen-bond donors (Lipinski definition) is 1. The van der Waals surface area contributed by atoms with Gasteiger partial charge in [0.15, 0.2) is 6.61 Å². The summed E-state index contributed by atoms with van der Waals surface area (Å²) in [7, 11) is 0. The van der Waals surface area contributed by atoms with Crippen LogP contribution in [-0.2, 0) is 0 Å². The number of nitrogens with two attached hydrogens (primary N) is 1. The number of alkyl halides is 3. The van der Waals surface area contributed by atoms with Crippen LogP contribution in [-0.4, -0.2) is 23.7 Å². The molecule has 2 N–H and O–H groups in total. The molecule has 17 heavy (non-hydrogen) atoms. The van der Waals surface area contributed by atoms with Gasteiger partial charge >= 0.3 is 6.18 Å². The van der Waals surface area contributed by atoms with E-state index in [0.29, 0.717) is 5.56 Å². The normalized spacial score (nSPS) is 11.4. The minimum absolute atomic E-state index is 0.178. The van der Waals surface area contributed by atoms with Crippen molar-refractivity contribution in [3.05, 3.63) is 22.9 Å². The average Bonchev–Trinajstić information content (AvgIpc) is 2.11. The topological polar surface area (TPSA) is 65.2 Å². The molecule has 0 aliphatic rings. The van der Waals surface area contributed by atoms with Gasteiger partial charge in [-0.2, -0.15) is 13.2 Å². The van der Waals surface area contributed by atoms with Crippen LogP contribution in [0.25, 0.3) is 0 Å². The van der Waals surface area contributed by atoms with E-state index < -0.39 is 18.7 Å². The van der Waals surface area contributed by atoms with Crippen molar-refractivity contribution in [2.45, 2.75) is 20.0 Å². The first-order chi connectivity index (χ1) is 7.70. The van der Waals surface area contributed by atoms with E-state index in [9.17, 15) is 18.0 Å². The molecular weight excluding hydrogens is 237 g/mol. The number of aryl methyl sites for hydroxylation is 2. The Morgan fingerprint density at radius 2 is 2.06 bits per heavy atom. The molecule has 94 valence electrons. The molecule has 0 atom stereocenters. The van der Waals surface area contributed by atoms with Crippen molar-refractivity contribution in [2.75, 3.05) is 6.61 Å². The molecule has 0 spiro atoms. The van der Waals surface area contributed by atoms with Crippen molar-refractivity contribution >= 4 is 5.91 Å². The molecule has 0 unspecified atom stereocenters. The molecule has 1 aromatic heterocycles. The highest BCUT2D eigenvalue weighted by Gasteiger charge is 2.28. The Hall–Kier alpha value is -1.79. The predicted molar refractivity (Wildman–Crippen MR) is 53.8 cm³/mol. The third-order valence-electron chi connectivity index (χ3n) is 2.00. The minimum Gasteiger partial charge on any atom is -0.468 e. The fourth-order valence-electron chi connectivity index (χ4n) is 1.40. The van der Waals surface area contributed by atoms with E-state index in [0.717, 1.165) is 0 Å². The molecule has 1 heterocycles. The van der Waals surface area contributed by atoms with Gasteiger partial charge in [0, 0.05) is 6.07 Å². The molecule has 0 saturated heterocycles. The average molecular weight is 248 g/mol. The van der Waals surface area contributed by atoms with E-state index in [4.69, 9.17) is 5.73 Å². The van der Waals surface area contributed by atoms with Gasteiger partial charge < -0.3 is 10.5 Å². The number of carbonyl (C=O) groups is 1. The molecule has 0 fully saturated rings. The largest absolute Gasteiger partial charge is 0.468 e. The summed E-state index contributed by atoms with van der Waals surface area (Å²) in [6, 6.07) is 1.25. The first-order valence-electron chi connectivity index (χ1n) is 4.68. The molecule has 4 nitrogen and oxygen atoms in total. The summed E-state index contributed by atoms with van der Waals surface area (Å²) in [5.41, 5.74) is 5.99. The number of amides is 1. The number of rotatable bonds is 3. The molecule has 0 bridgehead atoms. The summed E-state index contributed by atoms with van der Waals surface area (Å²) in [4.78, 5) is 14.8. The first kappa shape index (κ1) is 13.3. The Morgan fingerprint density at radius 1 is 1.47 bits per heavy atom. The number of aromatic nitrogens is 1. The molecule has 1 rings (SSSR count). The van der Waals surface area contributed by atoms with Crippen LogP contribution in [0.4, 0.5) is 13.2 Å². The lowest BCUT2D eigenvalue weighted by Gasteiger charge is -2.11. The van der Waals surface area contributed by atoms with E-state index >= 15 is 0 Å². The molecule has 0 aliphatic heterocycles. The highest BCUT2D eigenvalue weighted by Crippen LogP contribution is 2.20. The maximum atomic E-state index is 11.9. The van der Waals surface area contributed by atoms with Crippen LogP contribution in [0.2, 0.25) is 0 Å². The second-order valence-corrected chi connectivity index (χ2v) is 3.51. The highest BCUT2D eigenvalue weighted by atomic mass is 19.4. The molecule has 0 aliphatic carbocycles. The summed E-state index contributed by atoms with van der Waals surface area (Å²) < 4.78 is 40.2. The fraction of sp³-hybridized carbons (Fsp3) is 0.400. The summed E-state index contributed by atoms with van der Waals surface area (Å²) >= 11 is 0. The van der Waals surface area contributed by atoms with Gasteiger partial charge in [0.25, 0.3) is 5.91 Å². The zero-order valence-corrected chi connectivity index (χ0v) is 9.26. The van der Waals surface area contributed by atoms with Gasteiger partial charge in [-0.3, -0.25) is 4.79 Å². The summed E-state index contributed by atoms with van der Waals surface area (Å²) in [6.45, 7) is 1.61. The van der Waals surface area contributed by atoms with Gasteiger partial charge in [-0.15, -0.1) is 0 Å². The molecule has 7 heteroatoms. The first-order valence-corrected chi connectivity index (χ1v) is 4.68. The predicted octanol–water partition coefficient (Wildman–Crippen LogP) is 1.74. The number of primary amides is 1. The zero-order chi connectivity index (χ0) is 13.2. The quantitative estimate of drug-likeness (QED) is 0.886. The summed E-state index contributed by atoms with van der Waals surface area (Å²) in [5.74, 6) is -0.850. The van der Waals surface area contributed by atoms with Crippen LogP contribution >= 0.6 is 0 Å². The van der Waals surface area contributed by atoms with Gasteiger partial charge in [0.2, 0.25) is 5.88 Å². The van der Waals surface area contributed by atoms with Crippen molar-refractivity contribution in [1.29, 1.82) is 0 Å². The van der Waals surface area contributed by atoms with Crippen molar-refractivity contribution < 1.29 is 22.7 Å². The van der Waals surface area contributed by atoms with Crippen LogP contribution in [0.15, 0.2) is 6.07 Å². The van der Waals surface area contributed by atoms with E-state index in [1.165, 1.54) is 13.0 Å². The SMILES string of the molecule is Cc1cc(OCC(F)(F)F)nc(C)c1C(N)=O. The Labute approximate surface area is 95.6 Å². The monoisotopic (exact) mass is 248 g/mol. The molecule has 1 aromatic rings. The third-order valence-corrected chi connectivity index (χ3v) is 2.00. The third kappa shape index (κ3) is 3.61. The number of pyridine rings is 1.